The molecule has 6 atom stereocenters. The molecular weight excluding hydrogens is 599 g/mol. The van der Waals surface area contributed by atoms with E-state index in [2.05, 4.69) is 137 Å². The predicted molar refractivity (Wildman–Crippen MR) is 197 cm³/mol. The zero-order chi connectivity index (χ0) is 32.1. The molecule has 1 fully saturated rings. The number of hydrogen-bond acceptors (Lipinski definition) is 5. The standard InChI is InChI=1S/C44H33N5/c1-2-12-28(13-3-1)49-42-33-17-7-5-15-31(33)30-14-4-6-16-32(30)40(42)44-43(49)34-18-8-9-20-39(34)48(44)29-25-37(36-19-10-11-22-45-36)47-38(26-29)41-35-24-27(35)21-23-46-41/h1-23,25-27,31,33,35,43-44H,24H2. The fraction of sp³-hybridized carbons (Fsp3) is 0.159. The van der Waals surface area contributed by atoms with E-state index < -0.39 is 0 Å². The van der Waals surface area contributed by atoms with Crippen molar-refractivity contribution in [3.8, 4) is 11.4 Å². The van der Waals surface area contributed by atoms with Gasteiger partial charge in [-0.25, -0.2) is 4.98 Å². The third-order valence-corrected chi connectivity index (χ3v) is 11.3. The van der Waals surface area contributed by atoms with Crippen LogP contribution in [0.15, 0.2) is 163 Å². The van der Waals surface area contributed by atoms with Gasteiger partial charge in [-0.2, -0.15) is 0 Å². The maximum atomic E-state index is 5.26. The second-order valence-corrected chi connectivity index (χ2v) is 13.9. The van der Waals surface area contributed by atoms with Gasteiger partial charge in [0.2, 0.25) is 0 Å². The van der Waals surface area contributed by atoms with Gasteiger partial charge in [0, 0.05) is 64.0 Å². The molecule has 6 unspecified atom stereocenters. The van der Waals surface area contributed by atoms with Gasteiger partial charge < -0.3 is 9.80 Å². The van der Waals surface area contributed by atoms with Crippen molar-refractivity contribution in [1.29, 1.82) is 0 Å². The molecule has 1 saturated carbocycles. The minimum atomic E-state index is 0.0442. The highest BCUT2D eigenvalue weighted by atomic mass is 15.3. The molecule has 2 aromatic heterocycles. The van der Waals surface area contributed by atoms with Crippen molar-refractivity contribution in [3.05, 3.63) is 180 Å². The van der Waals surface area contributed by atoms with Gasteiger partial charge in [-0.1, -0.05) is 97.1 Å². The maximum Gasteiger partial charge on any atom is 0.0914 e. The Morgan fingerprint density at radius 1 is 0.612 bits per heavy atom. The smallest absolute Gasteiger partial charge is 0.0914 e. The lowest BCUT2D eigenvalue weighted by molar-refractivity contribution is 0.610. The lowest BCUT2D eigenvalue weighted by Gasteiger charge is -2.39. The zero-order valence-corrected chi connectivity index (χ0v) is 26.8. The van der Waals surface area contributed by atoms with Crippen molar-refractivity contribution < 1.29 is 0 Å². The number of benzene rings is 3. The first-order valence-electron chi connectivity index (χ1n) is 17.4. The van der Waals surface area contributed by atoms with Crippen LogP contribution in [0.1, 0.15) is 40.8 Å². The van der Waals surface area contributed by atoms with Gasteiger partial charge in [0.1, 0.15) is 0 Å². The molecule has 0 amide bonds. The predicted octanol–water partition coefficient (Wildman–Crippen LogP) is 9.43. The fourth-order valence-corrected chi connectivity index (χ4v) is 9.20. The fourth-order valence-electron chi connectivity index (χ4n) is 9.20. The maximum absolute atomic E-state index is 5.26. The Morgan fingerprint density at radius 3 is 2.27 bits per heavy atom. The molecule has 3 aliphatic heterocycles. The van der Waals surface area contributed by atoms with Gasteiger partial charge >= 0.3 is 0 Å². The summed E-state index contributed by atoms with van der Waals surface area (Å²) in [5.41, 5.74) is 14.3. The normalized spacial score (nSPS) is 26.4. The number of nitrogens with zero attached hydrogens (tertiary/aromatic N) is 5. The SMILES string of the molecule is C1=CC2C3=C(c4ccccc4C2C=C1)C1C(c2ccccc2N1c1cc(C2=NC=CC4CC24)nc(-c2ccccn2)c1)N3c1ccccc1. The zero-order valence-electron chi connectivity index (χ0n) is 26.8. The van der Waals surface area contributed by atoms with Crippen LogP contribution in [0.5, 0.6) is 0 Å². The number of hydrogen-bond donors (Lipinski definition) is 0. The van der Waals surface area contributed by atoms with Crippen molar-refractivity contribution in [1.82, 2.24) is 9.97 Å². The molecular formula is C44H33N5. The number of aliphatic imine (C=N–C) groups is 1. The average Bonchev–Trinajstić information content (AvgIpc) is 3.79. The lowest BCUT2D eigenvalue weighted by Crippen LogP contribution is -2.33. The Kier molecular flexibility index (Phi) is 5.74. The molecule has 0 bridgehead atoms. The van der Waals surface area contributed by atoms with Crippen LogP contribution in [0.3, 0.4) is 0 Å². The van der Waals surface area contributed by atoms with Gasteiger partial charge in [0.05, 0.1) is 34.9 Å². The quantitative estimate of drug-likeness (QED) is 0.198. The molecule has 234 valence electrons. The number of para-hydroxylation sites is 2. The van der Waals surface area contributed by atoms with Crippen LogP contribution >= 0.6 is 0 Å². The molecule has 3 aromatic carbocycles. The number of rotatable bonds is 4. The van der Waals surface area contributed by atoms with E-state index in [1.54, 1.807) is 0 Å². The largest absolute Gasteiger partial charge is 0.334 e. The third kappa shape index (κ3) is 3.96. The second kappa shape index (κ2) is 10.3. The molecule has 5 heterocycles. The van der Waals surface area contributed by atoms with E-state index in [-0.39, 0.29) is 18.0 Å². The van der Waals surface area contributed by atoms with Crippen LogP contribution in [0.4, 0.5) is 17.1 Å². The van der Waals surface area contributed by atoms with E-state index in [1.165, 1.54) is 39.3 Å². The molecule has 6 aliphatic rings. The van der Waals surface area contributed by atoms with Crippen LogP contribution in [-0.4, -0.2) is 21.7 Å². The van der Waals surface area contributed by atoms with Crippen LogP contribution in [0, 0.1) is 17.8 Å². The van der Waals surface area contributed by atoms with Crippen molar-refractivity contribution >= 4 is 28.3 Å². The second-order valence-electron chi connectivity index (χ2n) is 13.9. The van der Waals surface area contributed by atoms with Gasteiger partial charge in [0.15, 0.2) is 0 Å². The van der Waals surface area contributed by atoms with Gasteiger partial charge in [0.25, 0.3) is 0 Å². The van der Waals surface area contributed by atoms with Crippen molar-refractivity contribution in [2.24, 2.45) is 22.7 Å². The summed E-state index contributed by atoms with van der Waals surface area (Å²) in [6.45, 7) is 0. The Labute approximate surface area is 286 Å². The van der Waals surface area contributed by atoms with Gasteiger partial charge in [-0.15, -0.1) is 0 Å². The van der Waals surface area contributed by atoms with Crippen molar-refractivity contribution in [2.45, 2.75) is 24.4 Å². The van der Waals surface area contributed by atoms with Crippen molar-refractivity contribution in [3.63, 3.8) is 0 Å². The summed E-state index contributed by atoms with van der Waals surface area (Å²) in [6, 6.07) is 39.9. The van der Waals surface area contributed by atoms with E-state index >= 15 is 0 Å². The van der Waals surface area contributed by atoms with Gasteiger partial charge in [-0.3, -0.25) is 9.98 Å². The molecule has 0 spiro atoms. The number of pyridine rings is 2. The molecule has 3 aliphatic carbocycles. The molecule has 11 rings (SSSR count). The van der Waals surface area contributed by atoms with Crippen LogP contribution in [0.2, 0.25) is 0 Å². The molecule has 5 aromatic rings. The molecule has 5 heteroatoms. The van der Waals surface area contributed by atoms with Crippen LogP contribution < -0.4 is 9.80 Å². The van der Waals surface area contributed by atoms with Crippen LogP contribution in [0.25, 0.3) is 17.0 Å². The Balaban J connectivity index is 1.19. The summed E-state index contributed by atoms with van der Waals surface area (Å²) >= 11 is 0. The number of allylic oxidation sites excluding steroid dienone is 5. The summed E-state index contributed by atoms with van der Waals surface area (Å²) in [6.07, 6.45) is 16.5. The summed E-state index contributed by atoms with van der Waals surface area (Å²) in [5, 5.41) is 0. The molecule has 0 N–H and O–H groups in total. The van der Waals surface area contributed by atoms with Gasteiger partial charge in [-0.05, 0) is 65.9 Å². The topological polar surface area (TPSA) is 44.6 Å². The van der Waals surface area contributed by atoms with Crippen molar-refractivity contribution in [2.75, 3.05) is 9.80 Å². The first-order chi connectivity index (χ1) is 24.3. The molecule has 49 heavy (non-hydrogen) atoms. The summed E-state index contributed by atoms with van der Waals surface area (Å²) < 4.78 is 0. The van der Waals surface area contributed by atoms with E-state index in [0.29, 0.717) is 17.8 Å². The monoisotopic (exact) mass is 631 g/mol. The molecule has 0 saturated heterocycles. The Hall–Kier alpha value is -5.81. The molecule has 5 nitrogen and oxygen atoms in total. The first kappa shape index (κ1) is 27.2. The lowest BCUT2D eigenvalue weighted by atomic mass is 9.71. The summed E-state index contributed by atoms with van der Waals surface area (Å²) in [5.74, 6) is 1.54. The highest BCUT2D eigenvalue weighted by molar-refractivity contribution is 6.05. The van der Waals surface area contributed by atoms with E-state index in [0.717, 1.165) is 34.9 Å². The summed E-state index contributed by atoms with van der Waals surface area (Å²) in [7, 11) is 0. The Bertz CT molecular complexity index is 2320. The van der Waals surface area contributed by atoms with Crippen LogP contribution in [-0.2, 0) is 0 Å². The highest BCUT2D eigenvalue weighted by Gasteiger charge is 2.55. The Morgan fingerprint density at radius 2 is 1.39 bits per heavy atom. The number of anilines is 3. The third-order valence-electron chi connectivity index (χ3n) is 11.3. The van der Waals surface area contributed by atoms with E-state index in [1.807, 2.05) is 24.5 Å². The minimum Gasteiger partial charge on any atom is -0.334 e. The van der Waals surface area contributed by atoms with E-state index in [9.17, 15) is 0 Å². The minimum absolute atomic E-state index is 0.0442. The number of aromatic nitrogens is 2. The summed E-state index contributed by atoms with van der Waals surface area (Å²) in [4.78, 5) is 20.2. The first-order valence-corrected chi connectivity index (χ1v) is 17.4. The molecule has 0 radical (unpaired) electrons. The average molecular weight is 632 g/mol. The highest BCUT2D eigenvalue weighted by Crippen LogP contribution is 2.63. The van der Waals surface area contributed by atoms with E-state index in [4.69, 9.17) is 15.0 Å². The number of fused-ring (bicyclic) bond motifs is 10.